The highest BCUT2D eigenvalue weighted by Gasteiger charge is 2.33. The summed E-state index contributed by atoms with van der Waals surface area (Å²) in [5.74, 6) is 0. The third-order valence-corrected chi connectivity index (χ3v) is 3.71. The van der Waals surface area contributed by atoms with Crippen LogP contribution in [-0.4, -0.2) is 5.67 Å². The second kappa shape index (κ2) is 5.21. The van der Waals surface area contributed by atoms with Crippen LogP contribution in [0.25, 0.3) is 0 Å². The van der Waals surface area contributed by atoms with Gasteiger partial charge in [0, 0.05) is 11.4 Å². The number of halogens is 1. The van der Waals surface area contributed by atoms with Gasteiger partial charge < -0.3 is 4.90 Å². The number of allylic oxidation sites excluding steroid dienone is 3. The van der Waals surface area contributed by atoms with Gasteiger partial charge in [-0.2, -0.15) is 0 Å². The molecule has 0 aliphatic heterocycles. The Morgan fingerprint density at radius 2 is 1.52 bits per heavy atom. The monoisotopic (exact) mass is 279 g/mol. The normalized spacial score (nSPS) is 20.4. The van der Waals surface area contributed by atoms with Crippen LogP contribution in [0.5, 0.6) is 0 Å². The molecule has 1 nitrogen and oxygen atoms in total. The van der Waals surface area contributed by atoms with Crippen molar-refractivity contribution < 1.29 is 4.39 Å². The molecule has 0 radical (unpaired) electrons. The van der Waals surface area contributed by atoms with E-state index in [9.17, 15) is 4.39 Å². The minimum atomic E-state index is -1.46. The van der Waals surface area contributed by atoms with Crippen molar-refractivity contribution in [3.8, 4) is 0 Å². The summed E-state index contributed by atoms with van der Waals surface area (Å²) >= 11 is 0. The fraction of sp³-hybridized carbons (Fsp3) is 0.158. The predicted molar refractivity (Wildman–Crippen MR) is 86.5 cm³/mol. The summed E-state index contributed by atoms with van der Waals surface area (Å²) in [7, 11) is 0. The highest BCUT2D eigenvalue weighted by molar-refractivity contribution is 5.71. The van der Waals surface area contributed by atoms with Gasteiger partial charge in [-0.05, 0) is 50.3 Å². The van der Waals surface area contributed by atoms with Crippen LogP contribution in [0.3, 0.4) is 0 Å². The van der Waals surface area contributed by atoms with Crippen molar-refractivity contribution >= 4 is 11.4 Å². The number of rotatable bonds is 3. The second-order valence-corrected chi connectivity index (χ2v) is 5.49. The Morgan fingerprint density at radius 3 is 2.10 bits per heavy atom. The molecule has 0 aromatic heterocycles. The molecule has 0 bridgehead atoms. The lowest BCUT2D eigenvalue weighted by Crippen LogP contribution is -2.29. The molecule has 2 heteroatoms. The maximum absolute atomic E-state index is 14.8. The number of hydrogen-bond donors (Lipinski definition) is 0. The van der Waals surface area contributed by atoms with Gasteiger partial charge in [0.05, 0.1) is 5.70 Å². The van der Waals surface area contributed by atoms with Crippen LogP contribution in [0.1, 0.15) is 12.5 Å². The standard InChI is InChI=1S/C19H18FN/c1-15-10-12-17(13-11-15)21(16-7-4-3-5-8-16)18-9-6-14-19(18,2)20/h3-14H,1-2H3. The molecule has 1 unspecified atom stereocenters. The van der Waals surface area contributed by atoms with Gasteiger partial charge in [-0.3, -0.25) is 0 Å². The summed E-state index contributed by atoms with van der Waals surface area (Å²) < 4.78 is 14.8. The molecule has 0 saturated heterocycles. The average Bonchev–Trinajstić information content (AvgIpc) is 2.82. The molecule has 3 rings (SSSR count). The first-order valence-electron chi connectivity index (χ1n) is 7.09. The molecule has 0 spiro atoms. The number of anilines is 2. The molecule has 1 aliphatic carbocycles. The van der Waals surface area contributed by atoms with E-state index in [1.807, 2.05) is 72.5 Å². The fourth-order valence-corrected chi connectivity index (χ4v) is 2.56. The van der Waals surface area contributed by atoms with Crippen molar-refractivity contribution in [2.24, 2.45) is 0 Å². The summed E-state index contributed by atoms with van der Waals surface area (Å²) in [6.45, 7) is 3.64. The zero-order valence-electron chi connectivity index (χ0n) is 12.3. The average molecular weight is 279 g/mol. The van der Waals surface area contributed by atoms with Gasteiger partial charge in [-0.15, -0.1) is 0 Å². The summed E-state index contributed by atoms with van der Waals surface area (Å²) in [5, 5.41) is 0. The van der Waals surface area contributed by atoms with Crippen molar-refractivity contribution in [1.82, 2.24) is 0 Å². The van der Waals surface area contributed by atoms with E-state index in [-0.39, 0.29) is 0 Å². The Balaban J connectivity index is 2.10. The van der Waals surface area contributed by atoms with Crippen molar-refractivity contribution in [3.05, 3.63) is 84.1 Å². The number of benzene rings is 2. The molecule has 2 aromatic rings. The van der Waals surface area contributed by atoms with E-state index < -0.39 is 5.67 Å². The van der Waals surface area contributed by atoms with E-state index in [0.717, 1.165) is 11.4 Å². The number of alkyl halides is 1. The number of aryl methyl sites for hydroxylation is 1. The number of nitrogens with zero attached hydrogens (tertiary/aromatic N) is 1. The molecule has 106 valence electrons. The first kappa shape index (κ1) is 13.6. The minimum Gasteiger partial charge on any atom is -0.311 e. The fourth-order valence-electron chi connectivity index (χ4n) is 2.56. The zero-order valence-corrected chi connectivity index (χ0v) is 12.3. The highest BCUT2D eigenvalue weighted by atomic mass is 19.1. The lowest BCUT2D eigenvalue weighted by atomic mass is 10.0. The van der Waals surface area contributed by atoms with E-state index in [1.54, 1.807) is 19.1 Å². The van der Waals surface area contributed by atoms with Crippen molar-refractivity contribution in [1.29, 1.82) is 0 Å². The van der Waals surface area contributed by atoms with E-state index in [0.29, 0.717) is 5.70 Å². The smallest absolute Gasteiger partial charge is 0.166 e. The zero-order chi connectivity index (χ0) is 14.9. The molecule has 0 heterocycles. The lowest BCUT2D eigenvalue weighted by Gasteiger charge is -2.31. The van der Waals surface area contributed by atoms with Crippen LogP contribution in [0.2, 0.25) is 0 Å². The molecular weight excluding hydrogens is 261 g/mol. The maximum Gasteiger partial charge on any atom is 0.166 e. The van der Waals surface area contributed by atoms with Crippen LogP contribution < -0.4 is 4.90 Å². The van der Waals surface area contributed by atoms with E-state index >= 15 is 0 Å². The Kier molecular flexibility index (Phi) is 3.38. The molecule has 1 atom stereocenters. The van der Waals surface area contributed by atoms with Crippen LogP contribution in [0, 0.1) is 6.92 Å². The highest BCUT2D eigenvalue weighted by Crippen LogP contribution is 2.39. The third-order valence-electron chi connectivity index (χ3n) is 3.71. The molecule has 0 amide bonds. The SMILES string of the molecule is Cc1ccc(N(C2=CC=CC2(C)F)c2ccccc2)cc1. The van der Waals surface area contributed by atoms with Gasteiger partial charge in [0.15, 0.2) is 5.67 Å². The maximum atomic E-state index is 14.8. The topological polar surface area (TPSA) is 3.24 Å². The van der Waals surface area contributed by atoms with Gasteiger partial charge >= 0.3 is 0 Å². The van der Waals surface area contributed by atoms with Gasteiger partial charge in [0.2, 0.25) is 0 Å². The largest absolute Gasteiger partial charge is 0.311 e. The van der Waals surface area contributed by atoms with E-state index in [2.05, 4.69) is 0 Å². The Morgan fingerprint density at radius 1 is 0.905 bits per heavy atom. The third kappa shape index (κ3) is 2.62. The first-order chi connectivity index (χ1) is 10.1. The van der Waals surface area contributed by atoms with Crippen molar-refractivity contribution in [2.45, 2.75) is 19.5 Å². The first-order valence-corrected chi connectivity index (χ1v) is 7.09. The van der Waals surface area contributed by atoms with Gasteiger partial charge in [-0.25, -0.2) is 4.39 Å². The molecule has 0 saturated carbocycles. The molecule has 0 N–H and O–H groups in total. The molecule has 2 aromatic carbocycles. The van der Waals surface area contributed by atoms with E-state index in [1.165, 1.54) is 5.56 Å². The lowest BCUT2D eigenvalue weighted by molar-refractivity contribution is 0.310. The Hall–Kier alpha value is -2.35. The Bertz CT molecular complexity index is 681. The van der Waals surface area contributed by atoms with Gasteiger partial charge in [0.1, 0.15) is 0 Å². The van der Waals surface area contributed by atoms with Crippen LogP contribution in [0.15, 0.2) is 78.5 Å². The van der Waals surface area contributed by atoms with Crippen LogP contribution >= 0.6 is 0 Å². The minimum absolute atomic E-state index is 0.637. The van der Waals surface area contributed by atoms with Crippen molar-refractivity contribution in [3.63, 3.8) is 0 Å². The quantitative estimate of drug-likeness (QED) is 0.735. The molecule has 0 fully saturated rings. The number of hydrogen-bond acceptors (Lipinski definition) is 1. The Labute approximate surface area is 125 Å². The predicted octanol–water partition coefficient (Wildman–Crippen LogP) is 5.32. The number of para-hydroxylation sites is 1. The molecular formula is C19H18FN. The van der Waals surface area contributed by atoms with Crippen LogP contribution in [-0.2, 0) is 0 Å². The van der Waals surface area contributed by atoms with Crippen LogP contribution in [0.4, 0.5) is 15.8 Å². The summed E-state index contributed by atoms with van der Waals surface area (Å²) in [6.07, 6.45) is 5.21. The summed E-state index contributed by atoms with van der Waals surface area (Å²) in [4.78, 5) is 1.97. The van der Waals surface area contributed by atoms with Gasteiger partial charge in [0.25, 0.3) is 0 Å². The summed E-state index contributed by atoms with van der Waals surface area (Å²) in [5.41, 5.74) is 2.29. The van der Waals surface area contributed by atoms with Crippen molar-refractivity contribution in [2.75, 3.05) is 4.90 Å². The molecule has 21 heavy (non-hydrogen) atoms. The second-order valence-electron chi connectivity index (χ2n) is 5.49. The van der Waals surface area contributed by atoms with Gasteiger partial charge in [-0.1, -0.05) is 42.0 Å². The van der Waals surface area contributed by atoms with E-state index in [4.69, 9.17) is 0 Å². The molecule has 1 aliphatic rings. The summed E-state index contributed by atoms with van der Waals surface area (Å²) in [6, 6.07) is 18.0.